The van der Waals surface area contributed by atoms with Gasteiger partial charge in [0.15, 0.2) is 11.6 Å². The maximum absolute atomic E-state index is 5.90. The van der Waals surface area contributed by atoms with E-state index in [0.717, 1.165) is 16.8 Å². The quantitative estimate of drug-likeness (QED) is 0.656. The van der Waals surface area contributed by atoms with Gasteiger partial charge in [-0.1, -0.05) is 11.6 Å². The Morgan fingerprint density at radius 1 is 1.08 bits per heavy atom. The largest absolute Gasteiger partial charge is 0.486 e. The van der Waals surface area contributed by atoms with Crippen molar-refractivity contribution in [1.82, 2.24) is 15.0 Å². The number of anilines is 3. The standard InChI is InChI=1S/C17H17ClN6O/c1-9-11(8-25-13-6-14(19)24-16(21)15(13)20)7-22-17(23-9)10-2-4-12(18)5-3-10/h2-7H,8,20H2,1H3,(H4,19,21,24). The molecule has 0 atom stereocenters. The molecule has 3 rings (SSSR count). The van der Waals surface area contributed by atoms with E-state index in [1.165, 1.54) is 6.07 Å². The van der Waals surface area contributed by atoms with Crippen LogP contribution in [-0.4, -0.2) is 15.0 Å². The molecule has 7 nitrogen and oxygen atoms in total. The normalized spacial score (nSPS) is 10.6. The highest BCUT2D eigenvalue weighted by Crippen LogP contribution is 2.29. The summed E-state index contributed by atoms with van der Waals surface area (Å²) in [4.78, 5) is 12.8. The number of pyridine rings is 1. The topological polar surface area (TPSA) is 126 Å². The molecule has 6 N–H and O–H groups in total. The van der Waals surface area contributed by atoms with E-state index < -0.39 is 0 Å². The summed E-state index contributed by atoms with van der Waals surface area (Å²) in [5, 5.41) is 0.666. The smallest absolute Gasteiger partial charge is 0.159 e. The van der Waals surface area contributed by atoms with Crippen LogP contribution in [0.5, 0.6) is 5.75 Å². The van der Waals surface area contributed by atoms with Crippen molar-refractivity contribution in [1.29, 1.82) is 0 Å². The molecule has 0 aliphatic rings. The fourth-order valence-electron chi connectivity index (χ4n) is 2.22. The molecule has 0 radical (unpaired) electrons. The molecule has 1 aromatic carbocycles. The van der Waals surface area contributed by atoms with Gasteiger partial charge in [-0.05, 0) is 31.2 Å². The number of rotatable bonds is 4. The highest BCUT2D eigenvalue weighted by atomic mass is 35.5. The predicted molar refractivity (Wildman–Crippen MR) is 99.0 cm³/mol. The number of aromatic nitrogens is 3. The highest BCUT2D eigenvalue weighted by molar-refractivity contribution is 6.30. The maximum atomic E-state index is 5.90. The molecule has 3 aromatic rings. The van der Waals surface area contributed by atoms with Crippen molar-refractivity contribution >= 4 is 28.9 Å². The van der Waals surface area contributed by atoms with E-state index in [-0.39, 0.29) is 23.9 Å². The van der Waals surface area contributed by atoms with E-state index in [4.69, 9.17) is 33.5 Å². The molecule has 0 aliphatic heterocycles. The number of nitrogens with zero attached hydrogens (tertiary/aromatic N) is 3. The minimum atomic E-state index is 0.140. The van der Waals surface area contributed by atoms with Crippen LogP contribution < -0.4 is 21.9 Å². The molecule has 128 valence electrons. The second-order valence-electron chi connectivity index (χ2n) is 5.44. The summed E-state index contributed by atoms with van der Waals surface area (Å²) >= 11 is 5.90. The number of benzene rings is 1. The third-order valence-corrected chi connectivity index (χ3v) is 3.89. The zero-order valence-electron chi connectivity index (χ0n) is 13.5. The molecule has 0 unspecified atom stereocenters. The van der Waals surface area contributed by atoms with Crippen molar-refractivity contribution in [3.63, 3.8) is 0 Å². The van der Waals surface area contributed by atoms with Crippen LogP contribution >= 0.6 is 11.6 Å². The number of nitrogen functional groups attached to an aromatic ring is 3. The Hall–Kier alpha value is -3.06. The van der Waals surface area contributed by atoms with Gasteiger partial charge < -0.3 is 21.9 Å². The molecular weight excluding hydrogens is 340 g/mol. The van der Waals surface area contributed by atoms with Crippen LogP contribution in [0.4, 0.5) is 17.3 Å². The van der Waals surface area contributed by atoms with Crippen LogP contribution in [0.2, 0.25) is 5.02 Å². The Morgan fingerprint density at radius 2 is 1.80 bits per heavy atom. The number of hydrogen-bond acceptors (Lipinski definition) is 7. The molecule has 0 bridgehead atoms. The summed E-state index contributed by atoms with van der Waals surface area (Å²) < 4.78 is 5.70. The van der Waals surface area contributed by atoms with E-state index in [0.29, 0.717) is 16.6 Å². The van der Waals surface area contributed by atoms with Gasteiger partial charge in [-0.3, -0.25) is 0 Å². The lowest BCUT2D eigenvalue weighted by atomic mass is 10.2. The third kappa shape index (κ3) is 3.72. The van der Waals surface area contributed by atoms with Gasteiger partial charge in [0.1, 0.15) is 23.9 Å². The van der Waals surface area contributed by atoms with Gasteiger partial charge in [0.05, 0.1) is 0 Å². The van der Waals surface area contributed by atoms with Crippen molar-refractivity contribution in [3.05, 3.63) is 52.8 Å². The number of nitrogens with two attached hydrogens (primary N) is 3. The van der Waals surface area contributed by atoms with Crippen molar-refractivity contribution in [3.8, 4) is 17.1 Å². The molecular formula is C17H17ClN6O. The van der Waals surface area contributed by atoms with E-state index in [9.17, 15) is 0 Å². The number of halogens is 1. The van der Waals surface area contributed by atoms with Crippen molar-refractivity contribution in [2.75, 3.05) is 17.2 Å². The van der Waals surface area contributed by atoms with Crippen molar-refractivity contribution in [2.45, 2.75) is 13.5 Å². The summed E-state index contributed by atoms with van der Waals surface area (Å²) in [7, 11) is 0. The van der Waals surface area contributed by atoms with Gasteiger partial charge >= 0.3 is 0 Å². The molecule has 25 heavy (non-hydrogen) atoms. The summed E-state index contributed by atoms with van der Waals surface area (Å²) in [6.07, 6.45) is 1.72. The van der Waals surface area contributed by atoms with Gasteiger partial charge in [-0.25, -0.2) is 15.0 Å². The lowest BCUT2D eigenvalue weighted by Gasteiger charge is -2.12. The van der Waals surface area contributed by atoms with Crippen LogP contribution in [-0.2, 0) is 6.61 Å². The predicted octanol–water partition coefficient (Wildman–Crippen LogP) is 2.83. The first-order valence-corrected chi connectivity index (χ1v) is 7.84. The first-order valence-electron chi connectivity index (χ1n) is 7.46. The molecule has 0 saturated carbocycles. The second kappa shape index (κ2) is 6.82. The van der Waals surface area contributed by atoms with Crippen LogP contribution in [0.3, 0.4) is 0 Å². The van der Waals surface area contributed by atoms with Crippen LogP contribution in [0.25, 0.3) is 11.4 Å². The average Bonchev–Trinajstić information content (AvgIpc) is 2.58. The van der Waals surface area contributed by atoms with Crippen molar-refractivity contribution in [2.24, 2.45) is 0 Å². The Bertz CT molecular complexity index is 914. The fourth-order valence-corrected chi connectivity index (χ4v) is 2.34. The van der Waals surface area contributed by atoms with Crippen molar-refractivity contribution < 1.29 is 4.74 Å². The van der Waals surface area contributed by atoms with E-state index >= 15 is 0 Å². The summed E-state index contributed by atoms with van der Waals surface area (Å²) in [5.74, 6) is 1.38. The highest BCUT2D eigenvalue weighted by Gasteiger charge is 2.10. The Labute approximate surface area is 149 Å². The SMILES string of the molecule is Cc1nc(-c2ccc(Cl)cc2)ncc1COc1cc(N)nc(N)c1N. The molecule has 2 heterocycles. The molecule has 2 aromatic heterocycles. The molecule has 0 saturated heterocycles. The van der Waals surface area contributed by atoms with Gasteiger partial charge in [0.2, 0.25) is 0 Å². The van der Waals surface area contributed by atoms with E-state index in [1.807, 2.05) is 19.1 Å². The van der Waals surface area contributed by atoms with Crippen LogP contribution in [0.15, 0.2) is 36.5 Å². The minimum absolute atomic E-state index is 0.140. The summed E-state index contributed by atoms with van der Waals surface area (Å²) in [6, 6.07) is 8.87. The third-order valence-electron chi connectivity index (χ3n) is 3.64. The Balaban J connectivity index is 1.79. The Kier molecular flexibility index (Phi) is 4.58. The summed E-state index contributed by atoms with van der Waals surface area (Å²) in [6.45, 7) is 2.12. The Morgan fingerprint density at radius 3 is 2.48 bits per heavy atom. The second-order valence-corrected chi connectivity index (χ2v) is 5.88. The molecule has 0 aliphatic carbocycles. The first-order chi connectivity index (χ1) is 11.9. The van der Waals surface area contributed by atoms with E-state index in [1.54, 1.807) is 18.3 Å². The average molecular weight is 357 g/mol. The fraction of sp³-hybridized carbons (Fsp3) is 0.118. The zero-order chi connectivity index (χ0) is 18.0. The molecule has 0 amide bonds. The van der Waals surface area contributed by atoms with E-state index in [2.05, 4.69) is 15.0 Å². The summed E-state index contributed by atoms with van der Waals surface area (Å²) in [5.41, 5.74) is 20.0. The molecule has 8 heteroatoms. The first kappa shape index (κ1) is 16.8. The van der Waals surface area contributed by atoms with Gasteiger partial charge in [-0.2, -0.15) is 0 Å². The number of aryl methyl sites for hydroxylation is 1. The van der Waals surface area contributed by atoms with Crippen LogP contribution in [0.1, 0.15) is 11.3 Å². The van der Waals surface area contributed by atoms with Gasteiger partial charge in [-0.15, -0.1) is 0 Å². The monoisotopic (exact) mass is 356 g/mol. The van der Waals surface area contributed by atoms with Gasteiger partial charge in [0, 0.05) is 34.1 Å². The minimum Gasteiger partial charge on any atom is -0.486 e. The number of ether oxygens (including phenoxy) is 1. The maximum Gasteiger partial charge on any atom is 0.159 e. The lowest BCUT2D eigenvalue weighted by Crippen LogP contribution is -2.07. The lowest BCUT2D eigenvalue weighted by molar-refractivity contribution is 0.306. The number of hydrogen-bond donors (Lipinski definition) is 3. The molecule has 0 fully saturated rings. The van der Waals surface area contributed by atoms with Crippen LogP contribution in [0, 0.1) is 6.92 Å². The molecule has 0 spiro atoms. The zero-order valence-corrected chi connectivity index (χ0v) is 14.3. The van der Waals surface area contributed by atoms with Gasteiger partial charge in [0.25, 0.3) is 0 Å².